The number of sulfonamides is 1. The van der Waals surface area contributed by atoms with Crippen LogP contribution in [0.3, 0.4) is 0 Å². The fourth-order valence-electron chi connectivity index (χ4n) is 2.58. The first kappa shape index (κ1) is 15.7. The number of rotatable bonds is 4. The Bertz CT molecular complexity index is 893. The molecule has 23 heavy (non-hydrogen) atoms. The summed E-state index contributed by atoms with van der Waals surface area (Å²) in [4.78, 5) is -0.0830. The Hall–Kier alpha value is -2.17. The Morgan fingerprint density at radius 3 is 2.57 bits per heavy atom. The summed E-state index contributed by atoms with van der Waals surface area (Å²) in [7, 11) is -2.04. The molecule has 120 valence electrons. The lowest BCUT2D eigenvalue weighted by molar-refractivity contribution is 0.383. The first-order valence-electron chi connectivity index (χ1n) is 7.30. The average molecular weight is 333 g/mol. The molecular formula is C16H16FN3O2S. The smallest absolute Gasteiger partial charge is 0.240 e. The lowest BCUT2D eigenvalue weighted by Crippen LogP contribution is -2.39. The third-order valence-electron chi connectivity index (χ3n) is 4.19. The van der Waals surface area contributed by atoms with Gasteiger partial charge in [-0.1, -0.05) is 6.42 Å². The highest BCUT2D eigenvalue weighted by molar-refractivity contribution is 7.89. The fraction of sp³-hybridized carbons (Fsp3) is 0.312. The SMILES string of the molecule is Cn1c(C#N)ccc1-c1ccc(S(=O)(=O)NC2CCC2)cc1F. The van der Waals surface area contributed by atoms with Gasteiger partial charge in [-0.3, -0.25) is 0 Å². The first-order valence-corrected chi connectivity index (χ1v) is 8.79. The van der Waals surface area contributed by atoms with Crippen molar-refractivity contribution in [3.05, 3.63) is 41.8 Å². The van der Waals surface area contributed by atoms with E-state index >= 15 is 0 Å². The zero-order valence-corrected chi connectivity index (χ0v) is 13.4. The van der Waals surface area contributed by atoms with Crippen molar-refractivity contribution in [3.8, 4) is 17.3 Å². The van der Waals surface area contributed by atoms with Gasteiger partial charge in [-0.05, 0) is 43.2 Å². The summed E-state index contributed by atoms with van der Waals surface area (Å²) in [6, 6.07) is 9.04. The molecule has 5 nitrogen and oxygen atoms in total. The van der Waals surface area contributed by atoms with E-state index in [1.165, 1.54) is 12.1 Å². The van der Waals surface area contributed by atoms with Crippen LogP contribution in [0, 0.1) is 17.1 Å². The summed E-state index contributed by atoms with van der Waals surface area (Å²) in [5, 5.41) is 8.96. The number of benzene rings is 1. The van der Waals surface area contributed by atoms with E-state index in [0.29, 0.717) is 11.4 Å². The van der Waals surface area contributed by atoms with Gasteiger partial charge in [0.2, 0.25) is 10.0 Å². The van der Waals surface area contributed by atoms with Crippen LogP contribution in [0.5, 0.6) is 0 Å². The summed E-state index contributed by atoms with van der Waals surface area (Å²) >= 11 is 0. The summed E-state index contributed by atoms with van der Waals surface area (Å²) in [5.74, 6) is -0.632. The van der Waals surface area contributed by atoms with E-state index in [1.54, 1.807) is 23.7 Å². The van der Waals surface area contributed by atoms with Gasteiger partial charge in [0.25, 0.3) is 0 Å². The van der Waals surface area contributed by atoms with Crippen LogP contribution in [0.25, 0.3) is 11.3 Å². The van der Waals surface area contributed by atoms with Gasteiger partial charge >= 0.3 is 0 Å². The van der Waals surface area contributed by atoms with E-state index in [-0.39, 0.29) is 16.5 Å². The third kappa shape index (κ3) is 2.87. The standard InChI is InChI=1S/C16H16FN3O2S/c1-20-12(10-18)5-8-16(20)14-7-6-13(9-15(14)17)23(21,22)19-11-3-2-4-11/h5-9,11,19H,2-4H2,1H3. The molecule has 1 N–H and O–H groups in total. The van der Waals surface area contributed by atoms with Gasteiger partial charge in [0.05, 0.1) is 10.6 Å². The van der Waals surface area contributed by atoms with Gasteiger partial charge < -0.3 is 4.57 Å². The fourth-order valence-corrected chi connectivity index (χ4v) is 3.89. The van der Waals surface area contributed by atoms with Crippen molar-refractivity contribution in [1.82, 2.24) is 9.29 Å². The van der Waals surface area contributed by atoms with Crippen molar-refractivity contribution in [2.45, 2.75) is 30.2 Å². The normalized spacial score (nSPS) is 15.2. The van der Waals surface area contributed by atoms with E-state index in [9.17, 15) is 12.8 Å². The number of nitrogens with one attached hydrogen (secondary N) is 1. The van der Waals surface area contributed by atoms with Crippen molar-refractivity contribution in [2.75, 3.05) is 0 Å². The van der Waals surface area contributed by atoms with Crippen molar-refractivity contribution in [3.63, 3.8) is 0 Å². The van der Waals surface area contributed by atoms with Crippen LogP contribution in [-0.2, 0) is 17.1 Å². The summed E-state index contributed by atoms with van der Waals surface area (Å²) in [6.45, 7) is 0. The number of aromatic nitrogens is 1. The van der Waals surface area contributed by atoms with Crippen molar-refractivity contribution >= 4 is 10.0 Å². The molecule has 1 heterocycles. The zero-order valence-electron chi connectivity index (χ0n) is 12.6. The quantitative estimate of drug-likeness (QED) is 0.934. The number of nitriles is 1. The van der Waals surface area contributed by atoms with Crippen LogP contribution in [0.4, 0.5) is 4.39 Å². The lowest BCUT2D eigenvalue weighted by atomic mass is 9.94. The Balaban J connectivity index is 1.94. The molecule has 0 bridgehead atoms. The van der Waals surface area contributed by atoms with Crippen LogP contribution < -0.4 is 4.72 Å². The molecule has 1 saturated carbocycles. The van der Waals surface area contributed by atoms with E-state index < -0.39 is 15.8 Å². The van der Waals surface area contributed by atoms with Crippen molar-refractivity contribution < 1.29 is 12.8 Å². The monoisotopic (exact) mass is 333 g/mol. The van der Waals surface area contributed by atoms with E-state index in [2.05, 4.69) is 4.72 Å². The van der Waals surface area contributed by atoms with Crippen molar-refractivity contribution in [1.29, 1.82) is 5.26 Å². The van der Waals surface area contributed by atoms with E-state index in [4.69, 9.17) is 5.26 Å². The average Bonchev–Trinajstić information content (AvgIpc) is 2.84. The molecule has 1 aliphatic carbocycles. The number of nitrogens with zero attached hydrogens (tertiary/aromatic N) is 2. The maximum atomic E-state index is 14.4. The molecular weight excluding hydrogens is 317 g/mol. The largest absolute Gasteiger partial charge is 0.335 e. The molecule has 1 aliphatic rings. The number of hydrogen-bond donors (Lipinski definition) is 1. The molecule has 0 aliphatic heterocycles. The van der Waals surface area contributed by atoms with Gasteiger partial charge in [0.1, 0.15) is 17.6 Å². The Kier molecular flexibility index (Phi) is 3.96. The summed E-state index contributed by atoms with van der Waals surface area (Å²) in [6.07, 6.45) is 2.65. The maximum absolute atomic E-state index is 14.4. The van der Waals surface area contributed by atoms with Gasteiger partial charge in [-0.15, -0.1) is 0 Å². The number of hydrogen-bond acceptors (Lipinski definition) is 3. The molecule has 1 aromatic carbocycles. The molecule has 0 spiro atoms. The lowest BCUT2D eigenvalue weighted by Gasteiger charge is -2.26. The minimum Gasteiger partial charge on any atom is -0.335 e. The van der Waals surface area contributed by atoms with Crippen LogP contribution in [0.1, 0.15) is 25.0 Å². The maximum Gasteiger partial charge on any atom is 0.240 e. The van der Waals surface area contributed by atoms with Crippen LogP contribution in [-0.4, -0.2) is 19.0 Å². The molecule has 0 unspecified atom stereocenters. The van der Waals surface area contributed by atoms with Gasteiger partial charge in [0.15, 0.2) is 0 Å². The summed E-state index contributed by atoms with van der Waals surface area (Å²) < 4.78 is 43.0. The highest BCUT2D eigenvalue weighted by Gasteiger charge is 2.25. The Morgan fingerprint density at radius 2 is 2.04 bits per heavy atom. The minimum absolute atomic E-state index is 0.0474. The molecule has 0 saturated heterocycles. The molecule has 0 amide bonds. The Labute approximate surface area is 134 Å². The van der Waals surface area contributed by atoms with Crippen molar-refractivity contribution in [2.24, 2.45) is 7.05 Å². The molecule has 3 rings (SSSR count). The first-order chi connectivity index (χ1) is 10.9. The molecule has 1 fully saturated rings. The number of halogens is 1. The molecule has 2 aromatic rings. The van der Waals surface area contributed by atoms with Crippen LogP contribution in [0.2, 0.25) is 0 Å². The second-order valence-corrected chi connectivity index (χ2v) is 7.38. The van der Waals surface area contributed by atoms with Gasteiger partial charge in [0, 0.05) is 18.7 Å². The molecule has 0 radical (unpaired) electrons. The minimum atomic E-state index is -3.70. The third-order valence-corrected chi connectivity index (χ3v) is 5.71. The van der Waals surface area contributed by atoms with Gasteiger partial charge in [-0.25, -0.2) is 17.5 Å². The molecule has 0 atom stereocenters. The van der Waals surface area contributed by atoms with Gasteiger partial charge in [-0.2, -0.15) is 5.26 Å². The highest BCUT2D eigenvalue weighted by atomic mass is 32.2. The Morgan fingerprint density at radius 1 is 1.30 bits per heavy atom. The second kappa shape index (κ2) is 5.80. The highest BCUT2D eigenvalue weighted by Crippen LogP contribution is 2.27. The van der Waals surface area contributed by atoms with Crippen LogP contribution in [0.15, 0.2) is 35.2 Å². The predicted molar refractivity (Wildman–Crippen MR) is 83.5 cm³/mol. The van der Waals surface area contributed by atoms with E-state index in [0.717, 1.165) is 25.3 Å². The predicted octanol–water partition coefficient (Wildman–Crippen LogP) is 2.53. The van der Waals surface area contributed by atoms with E-state index in [1.807, 2.05) is 6.07 Å². The summed E-state index contributed by atoms with van der Waals surface area (Å²) in [5.41, 5.74) is 1.19. The second-order valence-electron chi connectivity index (χ2n) is 5.67. The zero-order chi connectivity index (χ0) is 16.6. The topological polar surface area (TPSA) is 74.9 Å². The van der Waals surface area contributed by atoms with Crippen LogP contribution >= 0.6 is 0 Å². The molecule has 1 aromatic heterocycles. The molecule has 7 heteroatoms.